The number of hydrogen-bond donors (Lipinski definition) is 1. The molecule has 1 heterocycles. The molecule has 0 saturated carbocycles. The van der Waals surface area contributed by atoms with Gasteiger partial charge in [0.15, 0.2) is 0 Å². The van der Waals surface area contributed by atoms with Crippen molar-refractivity contribution in [2.45, 2.75) is 97.6 Å². The lowest BCUT2D eigenvalue weighted by Gasteiger charge is -2.31. The Morgan fingerprint density at radius 2 is 1.80 bits per heavy atom. The van der Waals surface area contributed by atoms with Crippen molar-refractivity contribution in [2.24, 2.45) is 5.92 Å². The standard InChI is InChI=1S/C17H35NO2/c1-8-13(4)14-15(20-14)18-17(7,10-3)11-12-19-16(5,6)9-2/h13-15,18H,8-12H2,1-7H3. The first-order chi connectivity index (χ1) is 9.27. The van der Waals surface area contributed by atoms with Crippen molar-refractivity contribution in [1.29, 1.82) is 0 Å². The van der Waals surface area contributed by atoms with Crippen LogP contribution in [-0.4, -0.2) is 30.1 Å². The maximum atomic E-state index is 5.99. The van der Waals surface area contributed by atoms with E-state index in [0.717, 1.165) is 25.9 Å². The summed E-state index contributed by atoms with van der Waals surface area (Å²) in [6, 6.07) is 0. The lowest BCUT2D eigenvalue weighted by atomic mass is 9.94. The van der Waals surface area contributed by atoms with Gasteiger partial charge in [-0.25, -0.2) is 0 Å². The molecule has 120 valence electrons. The number of epoxide rings is 1. The third-order valence-corrected chi connectivity index (χ3v) is 5.00. The molecule has 4 atom stereocenters. The van der Waals surface area contributed by atoms with Gasteiger partial charge in [-0.05, 0) is 46.0 Å². The molecule has 1 aliphatic rings. The predicted molar refractivity (Wildman–Crippen MR) is 84.9 cm³/mol. The molecule has 20 heavy (non-hydrogen) atoms. The normalized spacial score (nSPS) is 27.1. The summed E-state index contributed by atoms with van der Waals surface area (Å²) in [6.07, 6.45) is 4.99. The second-order valence-corrected chi connectivity index (χ2v) is 7.18. The van der Waals surface area contributed by atoms with Gasteiger partial charge < -0.3 is 9.47 Å². The molecule has 0 spiro atoms. The average molecular weight is 285 g/mol. The van der Waals surface area contributed by atoms with Crippen LogP contribution in [0.1, 0.15) is 74.1 Å². The fraction of sp³-hybridized carbons (Fsp3) is 1.00. The van der Waals surface area contributed by atoms with Gasteiger partial charge >= 0.3 is 0 Å². The van der Waals surface area contributed by atoms with E-state index in [-0.39, 0.29) is 17.4 Å². The molecule has 1 rings (SSSR count). The summed E-state index contributed by atoms with van der Waals surface area (Å²) in [5.74, 6) is 0.642. The Bertz CT molecular complexity index is 293. The SMILES string of the molecule is CCC(C)C1OC1NC(C)(CC)CCOC(C)(C)CC. The zero-order chi connectivity index (χ0) is 15.4. The molecule has 1 saturated heterocycles. The monoisotopic (exact) mass is 285 g/mol. The maximum absolute atomic E-state index is 5.99. The molecule has 1 fully saturated rings. The zero-order valence-corrected chi connectivity index (χ0v) is 14.6. The molecule has 0 amide bonds. The Labute approximate surface area is 125 Å². The van der Waals surface area contributed by atoms with Crippen LogP contribution in [0.25, 0.3) is 0 Å². The van der Waals surface area contributed by atoms with Crippen molar-refractivity contribution in [2.75, 3.05) is 6.61 Å². The minimum atomic E-state index is -0.00993. The van der Waals surface area contributed by atoms with Crippen molar-refractivity contribution in [3.05, 3.63) is 0 Å². The van der Waals surface area contributed by atoms with E-state index in [9.17, 15) is 0 Å². The largest absolute Gasteiger partial charge is 0.376 e. The average Bonchev–Trinajstić information content (AvgIpc) is 3.16. The molecule has 0 aromatic rings. The quantitative estimate of drug-likeness (QED) is 0.613. The summed E-state index contributed by atoms with van der Waals surface area (Å²) in [5.41, 5.74) is 0.0979. The highest BCUT2D eigenvalue weighted by Crippen LogP contribution is 2.32. The second-order valence-electron chi connectivity index (χ2n) is 7.18. The Hall–Kier alpha value is -0.120. The highest BCUT2D eigenvalue weighted by Gasteiger charge is 2.45. The summed E-state index contributed by atoms with van der Waals surface area (Å²) < 4.78 is 11.8. The zero-order valence-electron chi connectivity index (χ0n) is 14.6. The van der Waals surface area contributed by atoms with Crippen molar-refractivity contribution in [3.8, 4) is 0 Å². The molecule has 1 aliphatic heterocycles. The van der Waals surface area contributed by atoms with Crippen LogP contribution in [0.15, 0.2) is 0 Å². The fourth-order valence-electron chi connectivity index (χ4n) is 2.25. The lowest BCUT2D eigenvalue weighted by Crippen LogP contribution is -2.46. The molecule has 0 aliphatic carbocycles. The number of nitrogens with one attached hydrogen (secondary N) is 1. The topological polar surface area (TPSA) is 33.8 Å². The highest BCUT2D eigenvalue weighted by molar-refractivity contribution is 4.93. The Morgan fingerprint density at radius 3 is 2.30 bits per heavy atom. The van der Waals surface area contributed by atoms with Crippen molar-refractivity contribution < 1.29 is 9.47 Å². The minimum absolute atomic E-state index is 0.00993. The summed E-state index contributed by atoms with van der Waals surface area (Å²) in [7, 11) is 0. The molecule has 1 N–H and O–H groups in total. The van der Waals surface area contributed by atoms with E-state index in [0.29, 0.717) is 12.0 Å². The Balaban J connectivity index is 2.36. The van der Waals surface area contributed by atoms with Crippen LogP contribution in [0.4, 0.5) is 0 Å². The Kier molecular flexibility index (Phi) is 6.49. The maximum Gasteiger partial charge on any atom is 0.135 e. The molecule has 3 nitrogen and oxygen atoms in total. The summed E-state index contributed by atoms with van der Waals surface area (Å²) in [6.45, 7) is 16.3. The van der Waals surface area contributed by atoms with E-state index < -0.39 is 0 Å². The highest BCUT2D eigenvalue weighted by atomic mass is 16.6. The van der Waals surface area contributed by atoms with Crippen molar-refractivity contribution in [1.82, 2.24) is 5.32 Å². The van der Waals surface area contributed by atoms with Crippen LogP contribution in [0, 0.1) is 5.92 Å². The van der Waals surface area contributed by atoms with Gasteiger partial charge in [0.1, 0.15) is 12.3 Å². The number of ether oxygens (including phenoxy) is 2. The van der Waals surface area contributed by atoms with Crippen LogP contribution >= 0.6 is 0 Å². The summed E-state index contributed by atoms with van der Waals surface area (Å²) in [4.78, 5) is 0. The van der Waals surface area contributed by atoms with Gasteiger partial charge in [-0.15, -0.1) is 0 Å². The molecular weight excluding hydrogens is 250 g/mol. The second kappa shape index (κ2) is 7.24. The first-order valence-electron chi connectivity index (χ1n) is 8.34. The first-order valence-corrected chi connectivity index (χ1v) is 8.34. The van der Waals surface area contributed by atoms with E-state index in [1.807, 2.05) is 0 Å². The predicted octanol–water partition coefficient (Wildman–Crippen LogP) is 4.11. The first kappa shape index (κ1) is 17.9. The fourth-order valence-corrected chi connectivity index (χ4v) is 2.25. The van der Waals surface area contributed by atoms with E-state index in [1.165, 1.54) is 6.42 Å². The molecular formula is C17H35NO2. The summed E-state index contributed by atoms with van der Waals surface area (Å²) in [5, 5.41) is 3.68. The lowest BCUT2D eigenvalue weighted by molar-refractivity contribution is -0.0294. The molecule has 0 bridgehead atoms. The molecule has 3 heteroatoms. The molecule has 0 aromatic carbocycles. The van der Waals surface area contributed by atoms with Gasteiger partial charge in [0, 0.05) is 12.1 Å². The molecule has 4 unspecified atom stereocenters. The number of hydrogen-bond acceptors (Lipinski definition) is 3. The van der Waals surface area contributed by atoms with Gasteiger partial charge in [-0.2, -0.15) is 0 Å². The summed E-state index contributed by atoms with van der Waals surface area (Å²) >= 11 is 0. The van der Waals surface area contributed by atoms with Crippen LogP contribution in [0.5, 0.6) is 0 Å². The third kappa shape index (κ3) is 5.34. The van der Waals surface area contributed by atoms with Crippen LogP contribution < -0.4 is 5.32 Å². The van der Waals surface area contributed by atoms with Gasteiger partial charge in [0.05, 0.1) is 5.60 Å². The minimum Gasteiger partial charge on any atom is -0.376 e. The van der Waals surface area contributed by atoms with Crippen molar-refractivity contribution >= 4 is 0 Å². The van der Waals surface area contributed by atoms with E-state index in [2.05, 4.69) is 53.8 Å². The van der Waals surface area contributed by atoms with Crippen molar-refractivity contribution in [3.63, 3.8) is 0 Å². The van der Waals surface area contributed by atoms with E-state index in [4.69, 9.17) is 9.47 Å². The van der Waals surface area contributed by atoms with Crippen LogP contribution in [-0.2, 0) is 9.47 Å². The van der Waals surface area contributed by atoms with Crippen LogP contribution in [0.2, 0.25) is 0 Å². The van der Waals surface area contributed by atoms with Crippen LogP contribution in [0.3, 0.4) is 0 Å². The van der Waals surface area contributed by atoms with E-state index >= 15 is 0 Å². The van der Waals surface area contributed by atoms with Gasteiger partial charge in [-0.1, -0.05) is 34.1 Å². The molecule has 0 aromatic heterocycles. The van der Waals surface area contributed by atoms with Gasteiger partial charge in [0.2, 0.25) is 0 Å². The van der Waals surface area contributed by atoms with E-state index in [1.54, 1.807) is 0 Å². The molecule has 0 radical (unpaired) electrons. The van der Waals surface area contributed by atoms with Gasteiger partial charge in [-0.3, -0.25) is 5.32 Å². The smallest absolute Gasteiger partial charge is 0.135 e. The Morgan fingerprint density at radius 1 is 1.15 bits per heavy atom. The number of rotatable bonds is 10. The van der Waals surface area contributed by atoms with Gasteiger partial charge in [0.25, 0.3) is 0 Å². The third-order valence-electron chi connectivity index (χ3n) is 5.00.